The normalized spacial score (nSPS) is 40.1. The number of ether oxygens (including phenoxy) is 1. The fraction of sp³-hybridized carbons (Fsp3) is 0.632. The van der Waals surface area contributed by atoms with Crippen molar-refractivity contribution in [2.45, 2.75) is 32.9 Å². The standard InChI is InChI=1S/C19H26N2O3/c1-4-8-19-11-20-9-18(2,17(19)23)10-21(12-19)16(20)13-6-5-7-14(24-3)15(13)22/h5-7,16,22H,4,8-12H2,1-3H3/p+2. The number of methoxy groups -OCH3 is 1. The number of rotatable bonds is 4. The van der Waals surface area contributed by atoms with E-state index in [1.54, 1.807) is 13.2 Å². The molecule has 0 amide bonds. The average molecular weight is 332 g/mol. The molecule has 1 aromatic rings. The molecule has 130 valence electrons. The van der Waals surface area contributed by atoms with Gasteiger partial charge in [-0.2, -0.15) is 0 Å². The van der Waals surface area contributed by atoms with Gasteiger partial charge in [0.25, 0.3) is 0 Å². The second-order valence-corrected chi connectivity index (χ2v) is 8.27. The number of aromatic hydroxyl groups is 1. The lowest BCUT2D eigenvalue weighted by molar-refractivity contribution is -1.18. The van der Waals surface area contributed by atoms with Crippen LogP contribution in [0.5, 0.6) is 11.5 Å². The van der Waals surface area contributed by atoms with Crippen LogP contribution in [0.2, 0.25) is 0 Å². The quantitative estimate of drug-likeness (QED) is 0.702. The zero-order chi connectivity index (χ0) is 17.1. The Morgan fingerprint density at radius 3 is 2.50 bits per heavy atom. The van der Waals surface area contributed by atoms with E-state index in [4.69, 9.17) is 4.74 Å². The second kappa shape index (κ2) is 5.20. The van der Waals surface area contributed by atoms with Crippen LogP contribution in [0.4, 0.5) is 0 Å². The van der Waals surface area contributed by atoms with E-state index in [1.165, 1.54) is 9.80 Å². The van der Waals surface area contributed by atoms with Crippen molar-refractivity contribution in [3.05, 3.63) is 23.8 Å². The van der Waals surface area contributed by atoms with E-state index >= 15 is 0 Å². The Balaban J connectivity index is 1.75. The Hall–Kier alpha value is -1.59. The first-order valence-corrected chi connectivity index (χ1v) is 9.04. The predicted octanol–water partition coefficient (Wildman–Crippen LogP) is -0.428. The molecule has 4 saturated heterocycles. The zero-order valence-electron chi connectivity index (χ0n) is 14.8. The van der Waals surface area contributed by atoms with Gasteiger partial charge in [-0.05, 0) is 25.5 Å². The average Bonchev–Trinajstić information content (AvgIpc) is 2.53. The minimum Gasteiger partial charge on any atom is -0.504 e. The molecule has 0 spiro atoms. The van der Waals surface area contributed by atoms with E-state index in [9.17, 15) is 9.90 Å². The maximum Gasteiger partial charge on any atom is 0.244 e. The molecule has 2 unspecified atom stereocenters. The van der Waals surface area contributed by atoms with Crippen LogP contribution in [0.1, 0.15) is 38.4 Å². The highest BCUT2D eigenvalue weighted by molar-refractivity contribution is 5.91. The molecular formula is C19H28N2O3+2. The summed E-state index contributed by atoms with van der Waals surface area (Å²) in [7, 11) is 1.59. The van der Waals surface area contributed by atoms with Crippen LogP contribution in [-0.4, -0.2) is 44.2 Å². The lowest BCUT2D eigenvalue weighted by Gasteiger charge is -2.59. The second-order valence-electron chi connectivity index (χ2n) is 8.27. The van der Waals surface area contributed by atoms with E-state index in [1.807, 2.05) is 12.1 Å². The molecule has 24 heavy (non-hydrogen) atoms. The Morgan fingerprint density at radius 1 is 1.25 bits per heavy atom. The van der Waals surface area contributed by atoms with E-state index in [0.29, 0.717) is 11.5 Å². The largest absolute Gasteiger partial charge is 0.504 e. The van der Waals surface area contributed by atoms with E-state index < -0.39 is 0 Å². The summed E-state index contributed by atoms with van der Waals surface area (Å²) in [6.07, 6.45) is 2.24. The summed E-state index contributed by atoms with van der Waals surface area (Å²) in [6.45, 7) is 7.89. The number of ketones is 1. The molecule has 4 aliphatic heterocycles. The molecule has 4 aliphatic rings. The van der Waals surface area contributed by atoms with Crippen molar-refractivity contribution in [1.82, 2.24) is 0 Å². The number of quaternary nitrogens is 2. The van der Waals surface area contributed by atoms with Gasteiger partial charge in [0.1, 0.15) is 42.6 Å². The van der Waals surface area contributed by atoms with Crippen LogP contribution in [-0.2, 0) is 4.79 Å². The van der Waals surface area contributed by atoms with Gasteiger partial charge in [0.05, 0.1) is 7.11 Å². The Kier molecular flexibility index (Phi) is 3.45. The molecule has 0 radical (unpaired) electrons. The SMILES string of the molecule is CCCC12C[NH+]3CC(C)(C[NH+](C1)C3c1cccc(OC)c1O)C2=O. The van der Waals surface area contributed by atoms with Crippen molar-refractivity contribution in [2.24, 2.45) is 10.8 Å². The van der Waals surface area contributed by atoms with E-state index in [0.717, 1.165) is 44.6 Å². The summed E-state index contributed by atoms with van der Waals surface area (Å²) in [5, 5.41) is 10.6. The fourth-order valence-corrected chi connectivity index (χ4v) is 5.93. The summed E-state index contributed by atoms with van der Waals surface area (Å²) >= 11 is 0. The first-order chi connectivity index (χ1) is 11.4. The summed E-state index contributed by atoms with van der Waals surface area (Å²) < 4.78 is 5.30. The minimum atomic E-state index is -0.207. The number of Topliss-reactive ketones (excluding diaryl/α,β-unsaturated/α-hetero) is 1. The maximum atomic E-state index is 13.1. The number of para-hydroxylation sites is 1. The minimum absolute atomic E-state index is 0.157. The summed E-state index contributed by atoms with van der Waals surface area (Å²) in [6, 6.07) is 5.77. The molecular weight excluding hydrogens is 304 g/mol. The van der Waals surface area contributed by atoms with Crippen LogP contribution < -0.4 is 14.5 Å². The van der Waals surface area contributed by atoms with Crippen molar-refractivity contribution in [2.75, 3.05) is 33.3 Å². The molecule has 4 heterocycles. The third-order valence-electron chi connectivity index (χ3n) is 6.50. The summed E-state index contributed by atoms with van der Waals surface area (Å²) in [4.78, 5) is 16.0. The van der Waals surface area contributed by atoms with Crippen LogP contribution in [0.15, 0.2) is 18.2 Å². The molecule has 5 nitrogen and oxygen atoms in total. The highest BCUT2D eigenvalue weighted by atomic mass is 16.5. The van der Waals surface area contributed by atoms with Crippen molar-refractivity contribution in [3.63, 3.8) is 0 Å². The topological polar surface area (TPSA) is 55.4 Å². The van der Waals surface area contributed by atoms with Gasteiger partial charge in [-0.1, -0.05) is 19.4 Å². The third kappa shape index (κ3) is 1.97. The van der Waals surface area contributed by atoms with Gasteiger partial charge in [0.15, 0.2) is 17.3 Å². The molecule has 0 saturated carbocycles. The number of phenolic OH excluding ortho intramolecular Hbond substituents is 1. The molecule has 1 aromatic carbocycles. The maximum absolute atomic E-state index is 13.1. The van der Waals surface area contributed by atoms with Crippen LogP contribution in [0.25, 0.3) is 0 Å². The highest BCUT2D eigenvalue weighted by Gasteiger charge is 2.69. The van der Waals surface area contributed by atoms with Crippen molar-refractivity contribution in [1.29, 1.82) is 0 Å². The Bertz CT molecular complexity index is 671. The van der Waals surface area contributed by atoms with Gasteiger partial charge in [-0.3, -0.25) is 14.6 Å². The van der Waals surface area contributed by atoms with Gasteiger partial charge in [0.2, 0.25) is 6.17 Å². The Labute approximate surface area is 143 Å². The third-order valence-corrected chi connectivity index (χ3v) is 6.50. The number of hydrogen-bond acceptors (Lipinski definition) is 3. The molecule has 4 fully saturated rings. The van der Waals surface area contributed by atoms with Crippen LogP contribution in [0.3, 0.4) is 0 Å². The predicted molar refractivity (Wildman–Crippen MR) is 89.2 cm³/mol. The lowest BCUT2D eigenvalue weighted by Crippen LogP contribution is -3.41. The fourth-order valence-electron chi connectivity index (χ4n) is 5.93. The van der Waals surface area contributed by atoms with Gasteiger partial charge in [-0.25, -0.2) is 0 Å². The van der Waals surface area contributed by atoms with Gasteiger partial charge in [-0.15, -0.1) is 0 Å². The first kappa shape index (κ1) is 15.9. The van der Waals surface area contributed by atoms with E-state index in [-0.39, 0.29) is 22.7 Å². The molecule has 0 aromatic heterocycles. The van der Waals surface area contributed by atoms with Crippen molar-refractivity contribution in [3.8, 4) is 11.5 Å². The number of carbonyl (C=O) groups excluding carboxylic acids is 1. The molecule has 5 heteroatoms. The van der Waals surface area contributed by atoms with Crippen molar-refractivity contribution < 1.29 is 24.4 Å². The first-order valence-electron chi connectivity index (χ1n) is 9.04. The van der Waals surface area contributed by atoms with Crippen LogP contribution in [0, 0.1) is 10.8 Å². The molecule has 5 rings (SSSR count). The zero-order valence-corrected chi connectivity index (χ0v) is 14.8. The number of hydrogen-bond donors (Lipinski definition) is 3. The highest BCUT2D eigenvalue weighted by Crippen LogP contribution is 2.41. The number of phenols is 1. The van der Waals surface area contributed by atoms with Crippen molar-refractivity contribution >= 4 is 5.78 Å². The monoisotopic (exact) mass is 332 g/mol. The Morgan fingerprint density at radius 2 is 1.92 bits per heavy atom. The summed E-state index contributed by atoms with van der Waals surface area (Å²) in [5.74, 6) is 1.30. The molecule has 3 N–H and O–H groups in total. The molecule has 0 aliphatic carbocycles. The van der Waals surface area contributed by atoms with Gasteiger partial charge < -0.3 is 9.84 Å². The number of nitrogens with one attached hydrogen (secondary N) is 2. The molecule has 4 bridgehead atoms. The van der Waals surface area contributed by atoms with E-state index in [2.05, 4.69) is 13.8 Å². The van der Waals surface area contributed by atoms with Gasteiger partial charge >= 0.3 is 0 Å². The number of carbonyl (C=O) groups is 1. The summed E-state index contributed by atoms with van der Waals surface area (Å²) in [5.41, 5.74) is 0.595. The van der Waals surface area contributed by atoms with Gasteiger partial charge in [0, 0.05) is 0 Å². The smallest absolute Gasteiger partial charge is 0.244 e. The number of benzene rings is 1. The lowest BCUT2D eigenvalue weighted by atomic mass is 9.59. The molecule has 2 atom stereocenters. The van der Waals surface area contributed by atoms with Crippen LogP contribution >= 0.6 is 0 Å². The number of piperidine rings is 2.